The molecule has 0 atom stereocenters. The lowest BCUT2D eigenvalue weighted by Crippen LogP contribution is -2.07. The average Bonchev–Trinajstić information content (AvgIpc) is 2.19. The summed E-state index contributed by atoms with van der Waals surface area (Å²) in [5.74, 6) is -0.356. The number of benzene rings is 1. The van der Waals surface area contributed by atoms with E-state index in [1.807, 2.05) is 13.8 Å². The molecule has 0 fully saturated rings. The molecule has 82 valence electrons. The van der Waals surface area contributed by atoms with Crippen LogP contribution in [0.3, 0.4) is 0 Å². The lowest BCUT2D eigenvalue weighted by molar-refractivity contribution is 0.0987. The van der Waals surface area contributed by atoms with Crippen LogP contribution >= 0.6 is 0 Å². The molecule has 0 spiro atoms. The second kappa shape index (κ2) is 4.91. The lowest BCUT2D eigenvalue weighted by atomic mass is 10.1. The quantitative estimate of drug-likeness (QED) is 0.713. The monoisotopic (exact) mass is 210 g/mol. The first-order valence-electron chi connectivity index (χ1n) is 5.04. The largest absolute Gasteiger partial charge is 0.488 e. The zero-order chi connectivity index (χ0) is 11.4. The summed E-state index contributed by atoms with van der Waals surface area (Å²) in [5.41, 5.74) is 0.395. The van der Waals surface area contributed by atoms with Crippen LogP contribution in [0.15, 0.2) is 18.2 Å². The van der Waals surface area contributed by atoms with Gasteiger partial charge < -0.3 is 4.74 Å². The number of halogens is 1. The second-order valence-corrected chi connectivity index (χ2v) is 3.59. The van der Waals surface area contributed by atoms with E-state index in [-0.39, 0.29) is 17.6 Å². The van der Waals surface area contributed by atoms with Gasteiger partial charge in [-0.3, -0.25) is 4.79 Å². The Kier molecular flexibility index (Phi) is 3.83. The SMILES string of the molecule is CCC(=O)c1ccc(OC(C)C)c(F)c1. The molecule has 0 aliphatic rings. The number of ketones is 1. The van der Waals surface area contributed by atoms with E-state index < -0.39 is 5.82 Å². The molecule has 0 aromatic heterocycles. The van der Waals surface area contributed by atoms with Gasteiger partial charge in [0.15, 0.2) is 17.3 Å². The lowest BCUT2D eigenvalue weighted by Gasteiger charge is -2.10. The minimum atomic E-state index is -0.483. The molecular weight excluding hydrogens is 195 g/mol. The fourth-order valence-electron chi connectivity index (χ4n) is 1.23. The molecule has 0 N–H and O–H groups in total. The summed E-state index contributed by atoms with van der Waals surface area (Å²) < 4.78 is 18.7. The Hall–Kier alpha value is -1.38. The number of carbonyl (C=O) groups is 1. The van der Waals surface area contributed by atoms with E-state index in [9.17, 15) is 9.18 Å². The Morgan fingerprint density at radius 2 is 2.13 bits per heavy atom. The van der Waals surface area contributed by atoms with E-state index in [2.05, 4.69) is 0 Å². The van der Waals surface area contributed by atoms with Gasteiger partial charge in [-0.2, -0.15) is 0 Å². The zero-order valence-electron chi connectivity index (χ0n) is 9.21. The van der Waals surface area contributed by atoms with Crippen molar-refractivity contribution < 1.29 is 13.9 Å². The second-order valence-electron chi connectivity index (χ2n) is 3.59. The molecule has 0 saturated carbocycles. The molecule has 1 aromatic carbocycles. The molecule has 1 aromatic rings. The molecule has 1 rings (SSSR count). The van der Waals surface area contributed by atoms with Crippen LogP contribution in [-0.4, -0.2) is 11.9 Å². The first kappa shape index (κ1) is 11.7. The molecule has 0 amide bonds. The van der Waals surface area contributed by atoms with E-state index in [4.69, 9.17) is 4.74 Å². The minimum Gasteiger partial charge on any atom is -0.488 e. The van der Waals surface area contributed by atoms with Crippen LogP contribution in [0.5, 0.6) is 5.75 Å². The van der Waals surface area contributed by atoms with Crippen molar-refractivity contribution in [1.29, 1.82) is 0 Å². The number of hydrogen-bond donors (Lipinski definition) is 0. The fourth-order valence-corrected chi connectivity index (χ4v) is 1.23. The third-order valence-electron chi connectivity index (χ3n) is 1.94. The molecule has 0 heterocycles. The molecule has 0 saturated heterocycles. The van der Waals surface area contributed by atoms with Gasteiger partial charge in [-0.25, -0.2) is 4.39 Å². The van der Waals surface area contributed by atoms with E-state index in [0.717, 1.165) is 0 Å². The van der Waals surface area contributed by atoms with Gasteiger partial charge in [0, 0.05) is 12.0 Å². The highest BCUT2D eigenvalue weighted by Crippen LogP contribution is 2.20. The van der Waals surface area contributed by atoms with Crippen molar-refractivity contribution in [3.05, 3.63) is 29.6 Å². The molecule has 2 nitrogen and oxygen atoms in total. The fraction of sp³-hybridized carbons (Fsp3) is 0.417. The first-order valence-corrected chi connectivity index (χ1v) is 5.04. The summed E-state index contributed by atoms with van der Waals surface area (Å²) in [6.45, 7) is 5.40. The van der Waals surface area contributed by atoms with E-state index in [0.29, 0.717) is 12.0 Å². The number of Topliss-reactive ketones (excluding diaryl/α,β-unsaturated/α-hetero) is 1. The third-order valence-corrected chi connectivity index (χ3v) is 1.94. The van der Waals surface area contributed by atoms with Gasteiger partial charge in [0.25, 0.3) is 0 Å². The summed E-state index contributed by atoms with van der Waals surface area (Å²) >= 11 is 0. The summed E-state index contributed by atoms with van der Waals surface area (Å²) in [7, 11) is 0. The highest BCUT2D eigenvalue weighted by Gasteiger charge is 2.09. The number of carbonyl (C=O) groups excluding carboxylic acids is 1. The topological polar surface area (TPSA) is 26.3 Å². The average molecular weight is 210 g/mol. The molecule has 15 heavy (non-hydrogen) atoms. The highest BCUT2D eigenvalue weighted by molar-refractivity contribution is 5.95. The Labute approximate surface area is 89.1 Å². The van der Waals surface area contributed by atoms with E-state index in [1.54, 1.807) is 13.0 Å². The van der Waals surface area contributed by atoms with E-state index >= 15 is 0 Å². The van der Waals surface area contributed by atoms with Crippen LogP contribution in [0.2, 0.25) is 0 Å². The van der Waals surface area contributed by atoms with Crippen LogP contribution in [0.25, 0.3) is 0 Å². The smallest absolute Gasteiger partial charge is 0.165 e. The van der Waals surface area contributed by atoms with Crippen LogP contribution in [0, 0.1) is 5.82 Å². The van der Waals surface area contributed by atoms with Gasteiger partial charge in [-0.15, -0.1) is 0 Å². The molecule has 0 aliphatic carbocycles. The Bertz CT molecular complexity index is 359. The van der Waals surface area contributed by atoms with Crippen molar-refractivity contribution in [2.75, 3.05) is 0 Å². The maximum Gasteiger partial charge on any atom is 0.165 e. The summed E-state index contributed by atoms with van der Waals surface area (Å²) in [4.78, 5) is 11.3. The van der Waals surface area contributed by atoms with Crippen molar-refractivity contribution in [1.82, 2.24) is 0 Å². The molecule has 0 radical (unpaired) electrons. The maximum atomic E-state index is 13.4. The van der Waals surface area contributed by atoms with Crippen LogP contribution in [-0.2, 0) is 0 Å². The van der Waals surface area contributed by atoms with Gasteiger partial charge in [0.1, 0.15) is 0 Å². The predicted octanol–water partition coefficient (Wildman–Crippen LogP) is 3.21. The first-order chi connectivity index (χ1) is 7.04. The maximum absolute atomic E-state index is 13.4. The van der Waals surface area contributed by atoms with Crippen molar-refractivity contribution in [2.24, 2.45) is 0 Å². The number of ether oxygens (including phenoxy) is 1. The van der Waals surface area contributed by atoms with Crippen molar-refractivity contribution >= 4 is 5.78 Å². The molecule has 0 unspecified atom stereocenters. The molecule has 0 aliphatic heterocycles. The molecule has 3 heteroatoms. The van der Waals surface area contributed by atoms with Crippen molar-refractivity contribution in [3.63, 3.8) is 0 Å². The van der Waals surface area contributed by atoms with Crippen LogP contribution < -0.4 is 4.74 Å². The number of hydrogen-bond acceptors (Lipinski definition) is 2. The van der Waals surface area contributed by atoms with Crippen molar-refractivity contribution in [2.45, 2.75) is 33.3 Å². The van der Waals surface area contributed by atoms with Crippen LogP contribution in [0.4, 0.5) is 4.39 Å². The van der Waals surface area contributed by atoms with Gasteiger partial charge in [-0.1, -0.05) is 6.92 Å². The van der Waals surface area contributed by atoms with Gasteiger partial charge in [-0.05, 0) is 32.0 Å². The minimum absolute atomic E-state index is 0.0648. The van der Waals surface area contributed by atoms with E-state index in [1.165, 1.54) is 12.1 Å². The Balaban J connectivity index is 2.93. The highest BCUT2D eigenvalue weighted by atomic mass is 19.1. The normalized spacial score (nSPS) is 10.5. The van der Waals surface area contributed by atoms with Gasteiger partial charge in [0.05, 0.1) is 6.10 Å². The van der Waals surface area contributed by atoms with Crippen LogP contribution in [0.1, 0.15) is 37.6 Å². The van der Waals surface area contributed by atoms with Crippen molar-refractivity contribution in [3.8, 4) is 5.75 Å². The standard InChI is InChI=1S/C12H15FO2/c1-4-11(14)9-5-6-12(10(13)7-9)15-8(2)3/h5-8H,4H2,1-3H3. The van der Waals surface area contributed by atoms with Gasteiger partial charge >= 0.3 is 0 Å². The zero-order valence-corrected chi connectivity index (χ0v) is 9.21. The Morgan fingerprint density at radius 1 is 1.47 bits per heavy atom. The number of rotatable bonds is 4. The predicted molar refractivity (Wildman–Crippen MR) is 56.8 cm³/mol. The molecule has 0 bridgehead atoms. The van der Waals surface area contributed by atoms with Gasteiger partial charge in [0.2, 0.25) is 0 Å². The summed E-state index contributed by atoms with van der Waals surface area (Å²) in [6.07, 6.45) is 0.302. The third kappa shape index (κ3) is 3.05. The Morgan fingerprint density at radius 3 is 2.60 bits per heavy atom. The summed E-state index contributed by atoms with van der Waals surface area (Å²) in [5, 5.41) is 0. The molecular formula is C12H15FO2. The summed E-state index contributed by atoms with van der Waals surface area (Å²) in [6, 6.07) is 4.31.